The normalized spacial score (nSPS) is 13.8. The van der Waals surface area contributed by atoms with Gasteiger partial charge in [0.2, 0.25) is 5.91 Å². The van der Waals surface area contributed by atoms with Gasteiger partial charge in [0.25, 0.3) is 0 Å². The summed E-state index contributed by atoms with van der Waals surface area (Å²) in [5.74, 6) is -0.119. The number of para-hydroxylation sites is 1. The van der Waals surface area contributed by atoms with E-state index in [0.717, 1.165) is 21.5 Å². The average Bonchev–Trinajstić information content (AvgIpc) is 3.06. The minimum atomic E-state index is -0.398. The van der Waals surface area contributed by atoms with Crippen LogP contribution >= 0.6 is 23.1 Å². The van der Waals surface area contributed by atoms with Crippen molar-refractivity contribution in [3.8, 4) is 0 Å². The van der Waals surface area contributed by atoms with Crippen molar-refractivity contribution >= 4 is 50.7 Å². The van der Waals surface area contributed by atoms with E-state index in [2.05, 4.69) is 0 Å². The third-order valence-electron chi connectivity index (χ3n) is 4.05. The zero-order valence-electron chi connectivity index (χ0n) is 13.3. The van der Waals surface area contributed by atoms with E-state index in [-0.39, 0.29) is 19.1 Å². The molecule has 1 amide bonds. The summed E-state index contributed by atoms with van der Waals surface area (Å²) in [5.41, 5.74) is 1.77. The molecule has 3 aromatic rings. The maximum absolute atomic E-state index is 12.3. The number of hydrogen-bond acceptors (Lipinski definition) is 5. The van der Waals surface area contributed by atoms with E-state index >= 15 is 0 Å². The Morgan fingerprint density at radius 3 is 2.84 bits per heavy atom. The number of thioether (sulfide) groups is 1. The van der Waals surface area contributed by atoms with E-state index < -0.39 is 5.97 Å². The number of hydrogen-bond donors (Lipinski definition) is 0. The second-order valence-corrected chi connectivity index (χ2v) is 7.58. The Kier molecular flexibility index (Phi) is 4.46. The van der Waals surface area contributed by atoms with Gasteiger partial charge >= 0.3 is 5.97 Å². The van der Waals surface area contributed by atoms with Crippen LogP contribution in [0.2, 0.25) is 0 Å². The number of amides is 1. The van der Waals surface area contributed by atoms with Crippen molar-refractivity contribution < 1.29 is 14.3 Å². The monoisotopic (exact) mass is 369 g/mol. The van der Waals surface area contributed by atoms with Crippen LogP contribution in [0.25, 0.3) is 10.1 Å². The molecule has 0 fully saturated rings. The Bertz CT molecular complexity index is 951. The quantitative estimate of drug-likeness (QED) is 0.650. The van der Waals surface area contributed by atoms with E-state index in [1.165, 1.54) is 21.4 Å². The van der Waals surface area contributed by atoms with Gasteiger partial charge in [0.1, 0.15) is 13.2 Å². The van der Waals surface area contributed by atoms with Crippen molar-refractivity contribution in [2.45, 2.75) is 11.5 Å². The van der Waals surface area contributed by atoms with Gasteiger partial charge in [-0.15, -0.1) is 23.1 Å². The smallest absolute Gasteiger partial charge is 0.326 e. The van der Waals surface area contributed by atoms with Gasteiger partial charge in [-0.1, -0.05) is 30.3 Å². The van der Waals surface area contributed by atoms with Crippen molar-refractivity contribution in [3.63, 3.8) is 0 Å². The highest BCUT2D eigenvalue weighted by molar-refractivity contribution is 8.00. The van der Waals surface area contributed by atoms with Crippen LogP contribution in [0.4, 0.5) is 5.69 Å². The van der Waals surface area contributed by atoms with Gasteiger partial charge in [-0.25, -0.2) is 0 Å². The molecule has 0 saturated carbocycles. The van der Waals surface area contributed by atoms with E-state index in [1.54, 1.807) is 11.3 Å². The maximum Gasteiger partial charge on any atom is 0.326 e. The number of carbonyl (C=O) groups is 2. The Balaban J connectivity index is 1.45. The van der Waals surface area contributed by atoms with Gasteiger partial charge in [-0.3, -0.25) is 14.5 Å². The van der Waals surface area contributed by atoms with Gasteiger partial charge in [-0.05, 0) is 29.0 Å². The molecule has 0 bridgehead atoms. The molecule has 1 aliphatic heterocycles. The molecule has 0 unspecified atom stereocenters. The number of benzene rings is 2. The summed E-state index contributed by atoms with van der Waals surface area (Å²) in [6, 6.07) is 15.7. The van der Waals surface area contributed by atoms with Crippen LogP contribution in [0.3, 0.4) is 0 Å². The molecular formula is C19H15NO3S2. The van der Waals surface area contributed by atoms with E-state index in [1.807, 2.05) is 53.9 Å². The number of carbonyl (C=O) groups excluding carboxylic acids is 2. The summed E-state index contributed by atoms with van der Waals surface area (Å²) in [4.78, 5) is 27.0. The van der Waals surface area contributed by atoms with Gasteiger partial charge in [0, 0.05) is 15.2 Å². The van der Waals surface area contributed by atoms with Crippen LogP contribution in [0.1, 0.15) is 5.56 Å². The molecular weight excluding hydrogens is 354 g/mol. The average molecular weight is 369 g/mol. The molecule has 25 heavy (non-hydrogen) atoms. The molecule has 0 aliphatic carbocycles. The Morgan fingerprint density at radius 1 is 1.12 bits per heavy atom. The topological polar surface area (TPSA) is 46.6 Å². The van der Waals surface area contributed by atoms with Crippen LogP contribution in [0.15, 0.2) is 58.8 Å². The van der Waals surface area contributed by atoms with E-state index in [9.17, 15) is 9.59 Å². The fourth-order valence-electron chi connectivity index (χ4n) is 2.80. The highest BCUT2D eigenvalue weighted by Crippen LogP contribution is 2.34. The van der Waals surface area contributed by atoms with Crippen molar-refractivity contribution in [1.82, 2.24) is 0 Å². The van der Waals surface area contributed by atoms with Crippen molar-refractivity contribution in [3.05, 3.63) is 59.5 Å². The molecule has 2 aromatic carbocycles. The lowest BCUT2D eigenvalue weighted by molar-refractivity contribution is -0.144. The second kappa shape index (κ2) is 6.90. The second-order valence-electron chi connectivity index (χ2n) is 5.65. The lowest BCUT2D eigenvalue weighted by Crippen LogP contribution is -2.39. The number of ether oxygens (including phenoxy) is 1. The summed E-state index contributed by atoms with van der Waals surface area (Å²) in [5, 5.41) is 3.12. The molecule has 0 saturated heterocycles. The molecule has 2 heterocycles. The maximum atomic E-state index is 12.3. The van der Waals surface area contributed by atoms with Crippen LogP contribution in [0, 0.1) is 0 Å². The van der Waals surface area contributed by atoms with Crippen molar-refractivity contribution in [1.29, 1.82) is 0 Å². The molecule has 126 valence electrons. The zero-order chi connectivity index (χ0) is 17.2. The zero-order valence-corrected chi connectivity index (χ0v) is 14.9. The first-order chi connectivity index (χ1) is 12.2. The van der Waals surface area contributed by atoms with Crippen LogP contribution < -0.4 is 4.90 Å². The third kappa shape index (κ3) is 3.27. The summed E-state index contributed by atoms with van der Waals surface area (Å²) >= 11 is 3.13. The molecule has 1 aromatic heterocycles. The van der Waals surface area contributed by atoms with Crippen LogP contribution in [0.5, 0.6) is 0 Å². The summed E-state index contributed by atoms with van der Waals surface area (Å²) in [7, 11) is 0. The number of nitrogens with zero attached hydrogens (tertiary/aromatic N) is 1. The van der Waals surface area contributed by atoms with Gasteiger partial charge in [-0.2, -0.15) is 0 Å². The highest BCUT2D eigenvalue weighted by Gasteiger charge is 2.26. The lowest BCUT2D eigenvalue weighted by Gasteiger charge is -2.27. The van der Waals surface area contributed by atoms with E-state index in [4.69, 9.17) is 4.74 Å². The Morgan fingerprint density at radius 2 is 1.92 bits per heavy atom. The van der Waals surface area contributed by atoms with Crippen molar-refractivity contribution in [2.24, 2.45) is 0 Å². The molecule has 0 spiro atoms. The molecule has 0 atom stereocenters. The molecule has 0 N–H and O–H groups in total. The standard InChI is InChI=1S/C19H15NO3S2/c21-18-12-25-17-8-4-2-6-15(17)20(18)9-19(22)23-10-13-11-24-16-7-3-1-5-14(13)16/h1-8,11H,9-10,12H2. The number of esters is 1. The van der Waals surface area contributed by atoms with Gasteiger partial charge < -0.3 is 4.74 Å². The fourth-order valence-corrected chi connectivity index (χ4v) is 4.69. The van der Waals surface area contributed by atoms with Crippen LogP contribution in [-0.4, -0.2) is 24.2 Å². The summed E-state index contributed by atoms with van der Waals surface area (Å²) in [6.45, 7) is 0.166. The minimum absolute atomic E-state index is 0.0571. The minimum Gasteiger partial charge on any atom is -0.459 e. The summed E-state index contributed by atoms with van der Waals surface area (Å²) < 4.78 is 6.60. The number of thiophene rings is 1. The first-order valence-corrected chi connectivity index (χ1v) is 9.72. The van der Waals surface area contributed by atoms with Gasteiger partial charge in [0.15, 0.2) is 0 Å². The SMILES string of the molecule is O=C(CN1C(=O)CSc2ccccc21)OCc1csc2ccccc12. The largest absolute Gasteiger partial charge is 0.459 e. The number of anilines is 1. The van der Waals surface area contributed by atoms with Crippen molar-refractivity contribution in [2.75, 3.05) is 17.2 Å². The fraction of sp³-hybridized carbons (Fsp3) is 0.158. The lowest BCUT2D eigenvalue weighted by atomic mass is 10.2. The van der Waals surface area contributed by atoms with E-state index in [0.29, 0.717) is 5.75 Å². The first-order valence-electron chi connectivity index (χ1n) is 7.85. The first kappa shape index (κ1) is 16.2. The molecule has 4 nitrogen and oxygen atoms in total. The predicted molar refractivity (Wildman–Crippen MR) is 101 cm³/mol. The number of rotatable bonds is 4. The van der Waals surface area contributed by atoms with Crippen LogP contribution in [-0.2, 0) is 20.9 Å². The third-order valence-corrected chi connectivity index (χ3v) is 6.11. The molecule has 4 rings (SSSR count). The Labute approximate surface area is 153 Å². The number of fused-ring (bicyclic) bond motifs is 2. The molecule has 1 aliphatic rings. The predicted octanol–water partition coefficient (Wildman–Crippen LogP) is 4.08. The molecule has 6 heteroatoms. The highest BCUT2D eigenvalue weighted by atomic mass is 32.2. The summed E-state index contributed by atoms with van der Waals surface area (Å²) in [6.07, 6.45) is 0. The van der Waals surface area contributed by atoms with Gasteiger partial charge in [0.05, 0.1) is 11.4 Å². The molecule has 0 radical (unpaired) electrons. The Hall–Kier alpha value is -2.31.